The van der Waals surface area contributed by atoms with Crippen LogP contribution >= 0.6 is 11.3 Å². The third kappa shape index (κ3) is 1.94. The van der Waals surface area contributed by atoms with Crippen LogP contribution in [0.25, 0.3) is 10.2 Å². The highest BCUT2D eigenvalue weighted by molar-refractivity contribution is 7.18. The second-order valence-electron chi connectivity index (χ2n) is 3.53. The fraction of sp³-hybridized carbons (Fsp3) is 0.0909. The Balaban J connectivity index is 1.88. The van der Waals surface area contributed by atoms with E-state index in [4.69, 9.17) is 0 Å². The van der Waals surface area contributed by atoms with Crippen LogP contribution in [0.3, 0.4) is 0 Å². The number of nitrogens with zero attached hydrogens (tertiary/aromatic N) is 3. The van der Waals surface area contributed by atoms with E-state index >= 15 is 0 Å². The number of hydrogen-bond donors (Lipinski definition) is 1. The molecule has 3 aromatic rings. The molecule has 0 aliphatic rings. The molecule has 1 N–H and O–H groups in total. The Kier molecular flexibility index (Phi) is 2.41. The Morgan fingerprint density at radius 3 is 3.00 bits per heavy atom. The summed E-state index contributed by atoms with van der Waals surface area (Å²) in [5.74, 6) is -0.0715. The second kappa shape index (κ2) is 4.06. The van der Waals surface area contributed by atoms with Crippen molar-refractivity contribution >= 4 is 27.3 Å². The Labute approximate surface area is 101 Å². The van der Waals surface area contributed by atoms with Crippen LogP contribution < -0.4 is 0 Å². The standard InChI is InChI=1S/C11H8N4OS/c16-9(8-6-12-15-14-8)5-11-13-7-3-1-2-4-10(7)17-11/h1-4,6H,5H2,(H,12,14,15). The van der Waals surface area contributed by atoms with Crippen molar-refractivity contribution in [2.24, 2.45) is 0 Å². The summed E-state index contributed by atoms with van der Waals surface area (Å²) in [6.07, 6.45) is 1.70. The largest absolute Gasteiger partial charge is 0.292 e. The minimum atomic E-state index is -0.0715. The third-order valence-electron chi connectivity index (χ3n) is 2.35. The van der Waals surface area contributed by atoms with Crippen molar-refractivity contribution in [3.63, 3.8) is 0 Å². The number of nitrogens with one attached hydrogen (secondary N) is 1. The third-order valence-corrected chi connectivity index (χ3v) is 3.39. The number of aromatic nitrogens is 4. The van der Waals surface area contributed by atoms with E-state index in [1.165, 1.54) is 17.5 Å². The number of carbonyl (C=O) groups excluding carboxylic acids is 1. The number of carbonyl (C=O) groups is 1. The first kappa shape index (κ1) is 10.1. The van der Waals surface area contributed by atoms with E-state index in [2.05, 4.69) is 20.4 Å². The van der Waals surface area contributed by atoms with Gasteiger partial charge >= 0.3 is 0 Å². The van der Waals surface area contributed by atoms with Gasteiger partial charge < -0.3 is 0 Å². The second-order valence-corrected chi connectivity index (χ2v) is 4.65. The summed E-state index contributed by atoms with van der Waals surface area (Å²) >= 11 is 1.53. The van der Waals surface area contributed by atoms with Crippen LogP contribution in [0.5, 0.6) is 0 Å². The lowest BCUT2D eigenvalue weighted by atomic mass is 10.2. The molecule has 1 aromatic carbocycles. The molecular weight excluding hydrogens is 236 g/mol. The van der Waals surface area contributed by atoms with Crippen LogP contribution in [0.2, 0.25) is 0 Å². The van der Waals surface area contributed by atoms with E-state index in [1.54, 1.807) is 0 Å². The number of thiazole rings is 1. The van der Waals surface area contributed by atoms with Crippen molar-refractivity contribution in [3.8, 4) is 0 Å². The Morgan fingerprint density at radius 2 is 2.24 bits per heavy atom. The van der Waals surface area contributed by atoms with Gasteiger partial charge in [-0.05, 0) is 12.1 Å². The van der Waals surface area contributed by atoms with Crippen molar-refractivity contribution in [1.82, 2.24) is 20.4 Å². The molecule has 5 nitrogen and oxygen atoms in total. The molecule has 6 heteroatoms. The van der Waals surface area contributed by atoms with E-state index in [9.17, 15) is 4.79 Å². The van der Waals surface area contributed by atoms with Crippen LogP contribution in [0.15, 0.2) is 30.5 Å². The number of hydrogen-bond acceptors (Lipinski definition) is 5. The van der Waals surface area contributed by atoms with Crippen molar-refractivity contribution < 1.29 is 4.79 Å². The predicted molar refractivity (Wildman–Crippen MR) is 64.0 cm³/mol. The molecule has 2 heterocycles. The van der Waals surface area contributed by atoms with E-state index in [0.29, 0.717) is 5.69 Å². The molecule has 0 fully saturated rings. The van der Waals surface area contributed by atoms with Crippen LogP contribution in [0, 0.1) is 0 Å². The zero-order valence-electron chi connectivity index (χ0n) is 8.75. The van der Waals surface area contributed by atoms with Gasteiger partial charge in [0.1, 0.15) is 10.7 Å². The number of para-hydroxylation sites is 1. The number of H-pyrrole nitrogens is 1. The number of fused-ring (bicyclic) bond motifs is 1. The molecule has 3 rings (SSSR count). The van der Waals surface area contributed by atoms with Crippen molar-refractivity contribution in [2.45, 2.75) is 6.42 Å². The number of benzene rings is 1. The molecular formula is C11H8N4OS. The number of Topliss-reactive ketones (excluding diaryl/α,β-unsaturated/α-hetero) is 1. The summed E-state index contributed by atoms with van der Waals surface area (Å²) in [6.45, 7) is 0. The highest BCUT2D eigenvalue weighted by Crippen LogP contribution is 2.22. The number of ketones is 1. The first-order valence-corrected chi connectivity index (χ1v) is 5.88. The lowest BCUT2D eigenvalue weighted by molar-refractivity contribution is 0.0988. The Morgan fingerprint density at radius 1 is 1.35 bits per heavy atom. The maximum absolute atomic E-state index is 11.8. The number of aromatic amines is 1. The normalized spacial score (nSPS) is 10.8. The molecule has 0 spiro atoms. The maximum Gasteiger partial charge on any atom is 0.191 e. The molecule has 0 aliphatic carbocycles. The first-order valence-electron chi connectivity index (χ1n) is 5.06. The zero-order chi connectivity index (χ0) is 11.7. The van der Waals surface area contributed by atoms with Crippen LogP contribution in [-0.2, 0) is 6.42 Å². The summed E-state index contributed by atoms with van der Waals surface area (Å²) in [6, 6.07) is 7.84. The van der Waals surface area contributed by atoms with Gasteiger partial charge in [0, 0.05) is 0 Å². The molecule has 0 unspecified atom stereocenters. The van der Waals surface area contributed by atoms with Gasteiger partial charge in [0.2, 0.25) is 0 Å². The monoisotopic (exact) mass is 244 g/mol. The fourth-order valence-electron chi connectivity index (χ4n) is 1.56. The van der Waals surface area contributed by atoms with Gasteiger partial charge in [-0.2, -0.15) is 15.4 Å². The van der Waals surface area contributed by atoms with Gasteiger partial charge in [-0.1, -0.05) is 12.1 Å². The molecule has 0 amide bonds. The quantitative estimate of drug-likeness (QED) is 0.713. The molecule has 0 saturated carbocycles. The van der Waals surface area contributed by atoms with E-state index < -0.39 is 0 Å². The van der Waals surface area contributed by atoms with Gasteiger partial charge in [0.05, 0.1) is 22.8 Å². The Bertz CT molecular complexity index is 626. The molecule has 0 atom stereocenters. The predicted octanol–water partition coefficient (Wildman–Crippen LogP) is 1.84. The fourth-order valence-corrected chi connectivity index (χ4v) is 2.53. The molecule has 0 radical (unpaired) electrons. The topological polar surface area (TPSA) is 71.5 Å². The molecule has 84 valence electrons. The molecule has 0 bridgehead atoms. The summed E-state index contributed by atoms with van der Waals surface area (Å²) in [4.78, 5) is 16.2. The van der Waals surface area contributed by atoms with E-state index in [0.717, 1.165) is 15.2 Å². The SMILES string of the molecule is O=C(Cc1nc2ccccc2s1)c1cn[nH]n1. The highest BCUT2D eigenvalue weighted by atomic mass is 32.1. The van der Waals surface area contributed by atoms with Gasteiger partial charge in [0.15, 0.2) is 5.78 Å². The molecule has 0 aliphatic heterocycles. The first-order chi connectivity index (χ1) is 8.33. The zero-order valence-corrected chi connectivity index (χ0v) is 9.57. The average Bonchev–Trinajstić information content (AvgIpc) is 2.97. The van der Waals surface area contributed by atoms with Gasteiger partial charge in [0.25, 0.3) is 0 Å². The minimum absolute atomic E-state index is 0.0715. The van der Waals surface area contributed by atoms with Crippen molar-refractivity contribution in [3.05, 3.63) is 41.2 Å². The highest BCUT2D eigenvalue weighted by Gasteiger charge is 2.12. The Hall–Kier alpha value is -2.08. The summed E-state index contributed by atoms with van der Waals surface area (Å²) in [5.41, 5.74) is 1.28. The van der Waals surface area contributed by atoms with Gasteiger partial charge in [-0.15, -0.1) is 11.3 Å². The van der Waals surface area contributed by atoms with Crippen molar-refractivity contribution in [1.29, 1.82) is 0 Å². The molecule has 2 aromatic heterocycles. The van der Waals surface area contributed by atoms with Gasteiger partial charge in [-0.25, -0.2) is 4.98 Å². The minimum Gasteiger partial charge on any atom is -0.292 e. The van der Waals surface area contributed by atoms with Gasteiger partial charge in [-0.3, -0.25) is 4.79 Å². The van der Waals surface area contributed by atoms with Crippen LogP contribution in [0.1, 0.15) is 15.5 Å². The molecule has 17 heavy (non-hydrogen) atoms. The summed E-state index contributed by atoms with van der Waals surface area (Å²) < 4.78 is 1.09. The maximum atomic E-state index is 11.8. The van der Waals surface area contributed by atoms with Crippen LogP contribution in [0.4, 0.5) is 0 Å². The number of rotatable bonds is 3. The lowest BCUT2D eigenvalue weighted by Gasteiger charge is -1.90. The van der Waals surface area contributed by atoms with E-state index in [-0.39, 0.29) is 12.2 Å². The lowest BCUT2D eigenvalue weighted by Crippen LogP contribution is -2.03. The van der Waals surface area contributed by atoms with Crippen LogP contribution in [-0.4, -0.2) is 26.2 Å². The van der Waals surface area contributed by atoms with E-state index in [1.807, 2.05) is 24.3 Å². The summed E-state index contributed by atoms with van der Waals surface area (Å²) in [7, 11) is 0. The summed E-state index contributed by atoms with van der Waals surface area (Å²) in [5, 5.41) is 10.6. The average molecular weight is 244 g/mol. The molecule has 0 saturated heterocycles. The smallest absolute Gasteiger partial charge is 0.191 e. The van der Waals surface area contributed by atoms with Crippen molar-refractivity contribution in [2.75, 3.05) is 0 Å².